The van der Waals surface area contributed by atoms with Crippen molar-refractivity contribution in [1.29, 1.82) is 0 Å². The van der Waals surface area contributed by atoms with Crippen molar-refractivity contribution < 1.29 is 13.9 Å². The van der Waals surface area contributed by atoms with Gasteiger partial charge in [-0.25, -0.2) is 4.39 Å². The molecule has 0 aliphatic heterocycles. The van der Waals surface area contributed by atoms with Crippen LogP contribution in [0.5, 0.6) is 5.75 Å². The smallest absolute Gasteiger partial charge is 0.271 e. The molecular formula is C14H17FN4O2. The Morgan fingerprint density at radius 1 is 1.33 bits per heavy atom. The number of nitrogens with one attached hydrogen (secondary N) is 1. The second kappa shape index (κ2) is 6.83. The van der Waals surface area contributed by atoms with Crippen LogP contribution in [0.25, 0.3) is 11.3 Å². The Morgan fingerprint density at radius 3 is 2.86 bits per heavy atom. The Hall–Kier alpha value is -2.44. The van der Waals surface area contributed by atoms with E-state index in [2.05, 4.69) is 22.3 Å². The SMILES string of the molecule is CCCCCOc1cc(F)cc(-c2n[nH]nc2C(N)=O)c1. The lowest BCUT2D eigenvalue weighted by Gasteiger charge is -2.07. The number of amides is 1. The number of aromatic nitrogens is 3. The lowest BCUT2D eigenvalue weighted by Crippen LogP contribution is -2.12. The molecule has 112 valence electrons. The summed E-state index contributed by atoms with van der Waals surface area (Å²) in [6.45, 7) is 2.61. The molecule has 1 heterocycles. The van der Waals surface area contributed by atoms with Crippen LogP contribution < -0.4 is 10.5 Å². The van der Waals surface area contributed by atoms with E-state index in [-0.39, 0.29) is 11.4 Å². The Balaban J connectivity index is 2.22. The highest BCUT2D eigenvalue weighted by molar-refractivity contribution is 5.96. The van der Waals surface area contributed by atoms with E-state index in [9.17, 15) is 9.18 Å². The van der Waals surface area contributed by atoms with Gasteiger partial charge in [0.1, 0.15) is 17.3 Å². The van der Waals surface area contributed by atoms with Gasteiger partial charge in [0.25, 0.3) is 5.91 Å². The zero-order valence-corrected chi connectivity index (χ0v) is 11.7. The number of aromatic amines is 1. The molecule has 0 aliphatic rings. The summed E-state index contributed by atoms with van der Waals surface area (Å²) >= 11 is 0. The van der Waals surface area contributed by atoms with Gasteiger partial charge >= 0.3 is 0 Å². The number of benzene rings is 1. The van der Waals surface area contributed by atoms with Gasteiger partial charge in [-0.05, 0) is 18.6 Å². The summed E-state index contributed by atoms with van der Waals surface area (Å²) in [4.78, 5) is 11.2. The number of unbranched alkanes of at least 4 members (excludes halogenated alkanes) is 2. The number of nitrogens with zero attached hydrogens (tertiary/aromatic N) is 2. The van der Waals surface area contributed by atoms with Gasteiger partial charge in [0.05, 0.1) is 6.61 Å². The standard InChI is InChI=1S/C14H17FN4O2/c1-2-3-4-5-21-11-7-9(6-10(15)8-11)12-13(14(16)20)18-19-17-12/h6-8H,2-5H2,1H3,(H2,16,20)(H,17,18,19). The minimum absolute atomic E-state index is 0.0301. The third-order valence-corrected chi connectivity index (χ3v) is 2.94. The molecule has 6 nitrogen and oxygen atoms in total. The lowest BCUT2D eigenvalue weighted by atomic mass is 10.1. The van der Waals surface area contributed by atoms with Crippen molar-refractivity contribution >= 4 is 5.91 Å². The summed E-state index contributed by atoms with van der Waals surface area (Å²) in [7, 11) is 0. The number of rotatable bonds is 7. The van der Waals surface area contributed by atoms with Crippen LogP contribution in [-0.4, -0.2) is 27.9 Å². The first-order chi connectivity index (χ1) is 10.1. The summed E-state index contributed by atoms with van der Waals surface area (Å²) in [6.07, 6.45) is 3.04. The third kappa shape index (κ3) is 3.77. The van der Waals surface area contributed by atoms with Crippen LogP contribution >= 0.6 is 0 Å². The molecule has 2 aromatic rings. The first-order valence-electron chi connectivity index (χ1n) is 6.76. The predicted octanol–water partition coefficient (Wildman–Crippen LogP) is 2.28. The molecule has 21 heavy (non-hydrogen) atoms. The highest BCUT2D eigenvalue weighted by atomic mass is 19.1. The molecule has 0 aliphatic carbocycles. The second-order valence-corrected chi connectivity index (χ2v) is 4.62. The van der Waals surface area contributed by atoms with Crippen LogP contribution in [-0.2, 0) is 0 Å². The summed E-state index contributed by atoms with van der Waals surface area (Å²) in [5.41, 5.74) is 5.77. The lowest BCUT2D eigenvalue weighted by molar-refractivity contribution is 0.0996. The van der Waals surface area contributed by atoms with Gasteiger partial charge in [-0.3, -0.25) is 4.79 Å². The van der Waals surface area contributed by atoms with Crippen LogP contribution in [0.1, 0.15) is 36.7 Å². The summed E-state index contributed by atoms with van der Waals surface area (Å²) in [5.74, 6) is -0.815. The molecule has 2 rings (SSSR count). The van der Waals surface area contributed by atoms with E-state index in [0.717, 1.165) is 19.3 Å². The van der Waals surface area contributed by atoms with E-state index < -0.39 is 11.7 Å². The summed E-state index contributed by atoms with van der Waals surface area (Å²) in [6, 6.07) is 4.15. The fourth-order valence-electron chi connectivity index (χ4n) is 1.93. The number of hydrogen-bond donors (Lipinski definition) is 2. The molecule has 1 aromatic heterocycles. The highest BCUT2D eigenvalue weighted by Gasteiger charge is 2.16. The predicted molar refractivity (Wildman–Crippen MR) is 75.3 cm³/mol. The number of H-pyrrole nitrogens is 1. The number of ether oxygens (including phenoxy) is 1. The van der Waals surface area contributed by atoms with Crippen molar-refractivity contribution in [2.24, 2.45) is 5.73 Å². The number of hydrogen-bond acceptors (Lipinski definition) is 4. The van der Waals surface area contributed by atoms with Gasteiger partial charge in [-0.1, -0.05) is 19.8 Å². The molecule has 0 saturated heterocycles. The molecule has 0 fully saturated rings. The first kappa shape index (κ1) is 15.0. The maximum atomic E-state index is 13.7. The van der Waals surface area contributed by atoms with E-state index in [1.54, 1.807) is 6.07 Å². The van der Waals surface area contributed by atoms with Crippen molar-refractivity contribution in [3.8, 4) is 17.0 Å². The van der Waals surface area contributed by atoms with E-state index in [0.29, 0.717) is 17.9 Å². The fraction of sp³-hybridized carbons (Fsp3) is 0.357. The van der Waals surface area contributed by atoms with E-state index >= 15 is 0 Å². The number of primary amides is 1. The van der Waals surface area contributed by atoms with Crippen molar-refractivity contribution in [3.63, 3.8) is 0 Å². The zero-order valence-electron chi connectivity index (χ0n) is 11.7. The summed E-state index contributed by atoms with van der Waals surface area (Å²) in [5, 5.41) is 9.82. The van der Waals surface area contributed by atoms with Gasteiger partial charge in [-0.15, -0.1) is 0 Å². The van der Waals surface area contributed by atoms with Gasteiger partial charge < -0.3 is 10.5 Å². The van der Waals surface area contributed by atoms with Crippen molar-refractivity contribution in [1.82, 2.24) is 15.4 Å². The molecule has 1 aromatic carbocycles. The Kier molecular flexibility index (Phi) is 4.86. The molecule has 0 unspecified atom stereocenters. The minimum atomic E-state index is -0.728. The van der Waals surface area contributed by atoms with Gasteiger partial charge in [0.2, 0.25) is 0 Å². The largest absolute Gasteiger partial charge is 0.493 e. The van der Waals surface area contributed by atoms with Crippen LogP contribution in [0.4, 0.5) is 4.39 Å². The van der Waals surface area contributed by atoms with E-state index in [1.807, 2.05) is 0 Å². The normalized spacial score (nSPS) is 10.6. The average Bonchev–Trinajstić information content (AvgIpc) is 2.92. The quantitative estimate of drug-likeness (QED) is 0.765. The number of nitrogens with two attached hydrogens (primary N) is 1. The van der Waals surface area contributed by atoms with Gasteiger partial charge in [0.15, 0.2) is 5.69 Å². The molecule has 0 radical (unpaired) electrons. The molecule has 3 N–H and O–H groups in total. The van der Waals surface area contributed by atoms with Gasteiger partial charge in [0, 0.05) is 11.6 Å². The molecule has 0 saturated carbocycles. The monoisotopic (exact) mass is 292 g/mol. The van der Waals surface area contributed by atoms with Crippen molar-refractivity contribution in [3.05, 3.63) is 29.7 Å². The van der Waals surface area contributed by atoms with Gasteiger partial charge in [-0.2, -0.15) is 15.4 Å². The summed E-state index contributed by atoms with van der Waals surface area (Å²) < 4.78 is 19.2. The van der Waals surface area contributed by atoms with Crippen molar-refractivity contribution in [2.75, 3.05) is 6.61 Å². The Labute approximate surface area is 121 Å². The van der Waals surface area contributed by atoms with Crippen LogP contribution in [0.15, 0.2) is 18.2 Å². The molecule has 1 amide bonds. The Morgan fingerprint density at radius 2 is 2.14 bits per heavy atom. The maximum Gasteiger partial charge on any atom is 0.271 e. The van der Waals surface area contributed by atoms with E-state index in [1.165, 1.54) is 12.1 Å². The van der Waals surface area contributed by atoms with Crippen LogP contribution in [0, 0.1) is 5.82 Å². The first-order valence-corrected chi connectivity index (χ1v) is 6.76. The molecular weight excluding hydrogens is 275 g/mol. The van der Waals surface area contributed by atoms with Crippen molar-refractivity contribution in [2.45, 2.75) is 26.2 Å². The third-order valence-electron chi connectivity index (χ3n) is 2.94. The molecule has 0 spiro atoms. The van der Waals surface area contributed by atoms with E-state index in [4.69, 9.17) is 10.5 Å². The minimum Gasteiger partial charge on any atom is -0.493 e. The molecule has 0 atom stereocenters. The zero-order chi connectivity index (χ0) is 15.2. The topological polar surface area (TPSA) is 93.9 Å². The Bertz CT molecular complexity index is 627. The number of carbonyl (C=O) groups excluding carboxylic acids is 1. The molecule has 0 bridgehead atoms. The maximum absolute atomic E-state index is 13.7. The van der Waals surface area contributed by atoms with Crippen LogP contribution in [0.2, 0.25) is 0 Å². The average molecular weight is 292 g/mol. The number of carbonyl (C=O) groups is 1. The highest BCUT2D eigenvalue weighted by Crippen LogP contribution is 2.26. The molecule has 7 heteroatoms. The fourth-order valence-corrected chi connectivity index (χ4v) is 1.93. The number of halogens is 1. The second-order valence-electron chi connectivity index (χ2n) is 4.62. The van der Waals surface area contributed by atoms with Crippen LogP contribution in [0.3, 0.4) is 0 Å².